The maximum atomic E-state index is 12.0. The highest BCUT2D eigenvalue weighted by Gasteiger charge is 2.35. The van der Waals surface area contributed by atoms with Crippen molar-refractivity contribution in [3.63, 3.8) is 0 Å². The first kappa shape index (κ1) is 12.5. The highest BCUT2D eigenvalue weighted by Crippen LogP contribution is 2.15. The summed E-state index contributed by atoms with van der Waals surface area (Å²) in [7, 11) is 1.67. The van der Waals surface area contributed by atoms with Crippen molar-refractivity contribution in [2.45, 2.75) is 51.9 Å². The zero-order valence-corrected chi connectivity index (χ0v) is 10.1. The van der Waals surface area contributed by atoms with Gasteiger partial charge in [0.05, 0.1) is 18.3 Å². The molecule has 0 aromatic carbocycles. The number of nitrogens with one attached hydrogen (secondary N) is 1. The minimum atomic E-state index is 0.00839. The Morgan fingerprint density at radius 2 is 2.27 bits per heavy atom. The lowest BCUT2D eigenvalue weighted by atomic mass is 10.1. The number of amides is 1. The molecule has 4 heteroatoms. The summed E-state index contributed by atoms with van der Waals surface area (Å²) >= 11 is 0. The highest BCUT2D eigenvalue weighted by atomic mass is 16.5. The number of carbonyl (C=O) groups is 1. The van der Waals surface area contributed by atoms with Gasteiger partial charge in [-0.25, -0.2) is 0 Å². The van der Waals surface area contributed by atoms with E-state index in [9.17, 15) is 4.79 Å². The summed E-state index contributed by atoms with van der Waals surface area (Å²) in [4.78, 5) is 13.8. The van der Waals surface area contributed by atoms with Crippen LogP contribution in [0.15, 0.2) is 0 Å². The lowest BCUT2D eigenvalue weighted by Gasteiger charge is -2.23. The smallest absolute Gasteiger partial charge is 0.241 e. The lowest BCUT2D eigenvalue weighted by molar-refractivity contribution is -0.131. The molecule has 3 unspecified atom stereocenters. The molecule has 1 heterocycles. The Bertz CT molecular complexity index is 221. The molecule has 1 fully saturated rings. The second-order valence-electron chi connectivity index (χ2n) is 4.22. The molecule has 0 bridgehead atoms. The molecular weight excluding hydrogens is 192 g/mol. The van der Waals surface area contributed by atoms with E-state index in [0.717, 1.165) is 12.8 Å². The number of ether oxygens (including phenoxy) is 1. The van der Waals surface area contributed by atoms with Gasteiger partial charge in [0.2, 0.25) is 5.91 Å². The van der Waals surface area contributed by atoms with E-state index >= 15 is 0 Å². The Morgan fingerprint density at radius 1 is 1.60 bits per heavy atom. The molecule has 1 N–H and O–H groups in total. The quantitative estimate of drug-likeness (QED) is 0.741. The van der Waals surface area contributed by atoms with E-state index < -0.39 is 0 Å². The number of carbonyl (C=O) groups excluding carboxylic acids is 1. The molecule has 1 aliphatic heterocycles. The van der Waals surface area contributed by atoms with Crippen molar-refractivity contribution < 1.29 is 9.53 Å². The maximum absolute atomic E-state index is 12.0. The van der Waals surface area contributed by atoms with Gasteiger partial charge >= 0.3 is 0 Å². The van der Waals surface area contributed by atoms with Crippen LogP contribution in [0.25, 0.3) is 0 Å². The Balaban J connectivity index is 2.54. The fraction of sp³-hybridized carbons (Fsp3) is 0.909. The topological polar surface area (TPSA) is 41.6 Å². The third-order valence-corrected chi connectivity index (χ3v) is 2.92. The average Bonchev–Trinajstić information content (AvgIpc) is 2.46. The van der Waals surface area contributed by atoms with Gasteiger partial charge in [0.15, 0.2) is 0 Å². The molecule has 0 aliphatic carbocycles. The Morgan fingerprint density at radius 3 is 2.80 bits per heavy atom. The van der Waals surface area contributed by atoms with Gasteiger partial charge in [0.1, 0.15) is 0 Å². The summed E-state index contributed by atoms with van der Waals surface area (Å²) in [5.74, 6) is 0.216. The van der Waals surface area contributed by atoms with Crippen LogP contribution in [0.3, 0.4) is 0 Å². The van der Waals surface area contributed by atoms with Crippen molar-refractivity contribution >= 4 is 5.91 Å². The van der Waals surface area contributed by atoms with Crippen molar-refractivity contribution in [3.05, 3.63) is 0 Å². The van der Waals surface area contributed by atoms with Gasteiger partial charge in [0.25, 0.3) is 0 Å². The fourth-order valence-electron chi connectivity index (χ4n) is 1.94. The molecular formula is C11H22N2O2. The van der Waals surface area contributed by atoms with E-state index in [2.05, 4.69) is 12.2 Å². The summed E-state index contributed by atoms with van der Waals surface area (Å²) in [6, 6.07) is 0.00839. The second-order valence-corrected chi connectivity index (χ2v) is 4.22. The molecule has 3 atom stereocenters. The van der Waals surface area contributed by atoms with Gasteiger partial charge < -0.3 is 9.64 Å². The van der Waals surface area contributed by atoms with Crippen LogP contribution in [0, 0.1) is 0 Å². The molecule has 1 amide bonds. The summed E-state index contributed by atoms with van der Waals surface area (Å²) in [6.45, 7) is 6.77. The molecule has 15 heavy (non-hydrogen) atoms. The Hall–Kier alpha value is -0.610. The Kier molecular flexibility index (Phi) is 4.54. The van der Waals surface area contributed by atoms with Crippen molar-refractivity contribution in [2.75, 3.05) is 13.7 Å². The molecule has 4 nitrogen and oxygen atoms in total. The SMILES string of the molecule is CCCC1NC(C)N(CC(C)OC)C1=O. The van der Waals surface area contributed by atoms with Crippen LogP contribution < -0.4 is 5.32 Å². The van der Waals surface area contributed by atoms with E-state index in [1.54, 1.807) is 7.11 Å². The van der Waals surface area contributed by atoms with E-state index in [0.29, 0.717) is 6.54 Å². The molecule has 0 spiro atoms. The number of rotatable bonds is 5. The first-order valence-corrected chi connectivity index (χ1v) is 5.69. The van der Waals surface area contributed by atoms with Crippen molar-refractivity contribution in [1.82, 2.24) is 10.2 Å². The summed E-state index contributed by atoms with van der Waals surface area (Å²) < 4.78 is 5.18. The standard InChI is InChI=1S/C11H22N2O2/c1-5-6-10-11(14)13(9(3)12-10)7-8(2)15-4/h8-10,12H,5-7H2,1-4H3. The van der Waals surface area contributed by atoms with Gasteiger partial charge in [-0.2, -0.15) is 0 Å². The highest BCUT2D eigenvalue weighted by molar-refractivity contribution is 5.84. The van der Waals surface area contributed by atoms with E-state index in [1.165, 1.54) is 0 Å². The predicted molar refractivity (Wildman–Crippen MR) is 59.5 cm³/mol. The first-order chi connectivity index (χ1) is 7.10. The third-order valence-electron chi connectivity index (χ3n) is 2.92. The zero-order chi connectivity index (χ0) is 11.4. The molecule has 0 aromatic rings. The molecule has 0 aromatic heterocycles. The normalized spacial score (nSPS) is 28.5. The first-order valence-electron chi connectivity index (χ1n) is 5.69. The molecule has 1 aliphatic rings. The number of hydrogen-bond acceptors (Lipinski definition) is 3. The monoisotopic (exact) mass is 214 g/mol. The average molecular weight is 214 g/mol. The fourth-order valence-corrected chi connectivity index (χ4v) is 1.94. The number of hydrogen-bond donors (Lipinski definition) is 1. The van der Waals surface area contributed by atoms with Crippen LogP contribution in [0.1, 0.15) is 33.6 Å². The van der Waals surface area contributed by atoms with E-state index in [1.807, 2.05) is 18.7 Å². The van der Waals surface area contributed by atoms with Gasteiger partial charge in [-0.1, -0.05) is 13.3 Å². The molecule has 1 saturated heterocycles. The zero-order valence-electron chi connectivity index (χ0n) is 10.1. The molecule has 0 saturated carbocycles. The van der Waals surface area contributed by atoms with Crippen LogP contribution in [0.2, 0.25) is 0 Å². The van der Waals surface area contributed by atoms with Gasteiger partial charge in [-0.3, -0.25) is 10.1 Å². The van der Waals surface area contributed by atoms with Crippen LogP contribution in [-0.2, 0) is 9.53 Å². The maximum Gasteiger partial charge on any atom is 0.241 e. The van der Waals surface area contributed by atoms with E-state index in [4.69, 9.17) is 4.74 Å². The lowest BCUT2D eigenvalue weighted by Crippen LogP contribution is -2.39. The summed E-state index contributed by atoms with van der Waals surface area (Å²) in [5, 5.41) is 3.30. The third kappa shape index (κ3) is 2.92. The largest absolute Gasteiger partial charge is 0.380 e. The number of methoxy groups -OCH3 is 1. The van der Waals surface area contributed by atoms with E-state index in [-0.39, 0.29) is 24.2 Å². The number of nitrogens with zero attached hydrogens (tertiary/aromatic N) is 1. The van der Waals surface area contributed by atoms with Crippen LogP contribution in [-0.4, -0.2) is 42.8 Å². The summed E-state index contributed by atoms with van der Waals surface area (Å²) in [5.41, 5.74) is 0. The Labute approximate surface area is 92.0 Å². The van der Waals surface area contributed by atoms with Gasteiger partial charge in [-0.05, 0) is 20.3 Å². The minimum absolute atomic E-state index is 0.00839. The van der Waals surface area contributed by atoms with Crippen molar-refractivity contribution in [3.8, 4) is 0 Å². The van der Waals surface area contributed by atoms with Crippen LogP contribution in [0.4, 0.5) is 0 Å². The second kappa shape index (κ2) is 5.47. The van der Waals surface area contributed by atoms with Crippen molar-refractivity contribution in [1.29, 1.82) is 0 Å². The predicted octanol–water partition coefficient (Wildman–Crippen LogP) is 0.968. The van der Waals surface area contributed by atoms with Gasteiger partial charge in [0, 0.05) is 13.7 Å². The van der Waals surface area contributed by atoms with Gasteiger partial charge in [-0.15, -0.1) is 0 Å². The summed E-state index contributed by atoms with van der Waals surface area (Å²) in [6.07, 6.45) is 2.18. The molecule has 0 radical (unpaired) electrons. The molecule has 1 rings (SSSR count). The van der Waals surface area contributed by atoms with Crippen molar-refractivity contribution in [2.24, 2.45) is 0 Å². The van der Waals surface area contributed by atoms with Crippen LogP contribution in [0.5, 0.6) is 0 Å². The molecule has 88 valence electrons. The minimum Gasteiger partial charge on any atom is -0.380 e. The van der Waals surface area contributed by atoms with Crippen LogP contribution >= 0.6 is 0 Å².